The molecule has 0 unspecified atom stereocenters. The number of nitrogens with two attached hydrogens (primary N) is 1. The maximum Gasteiger partial charge on any atom is 0.283 e. The van der Waals surface area contributed by atoms with Gasteiger partial charge >= 0.3 is 0 Å². The van der Waals surface area contributed by atoms with Gasteiger partial charge in [-0.05, 0) is 48.0 Å². The molecule has 0 aliphatic carbocycles. The zero-order valence-corrected chi connectivity index (χ0v) is 20.5. The van der Waals surface area contributed by atoms with Crippen molar-refractivity contribution in [3.63, 3.8) is 0 Å². The molecule has 12 heteroatoms. The molecule has 2 heterocycles. The zero-order chi connectivity index (χ0) is 25.7. The van der Waals surface area contributed by atoms with Crippen LogP contribution in [0.4, 0.5) is 0 Å². The van der Waals surface area contributed by atoms with Crippen molar-refractivity contribution in [2.75, 3.05) is 40.2 Å². The van der Waals surface area contributed by atoms with E-state index in [-0.39, 0.29) is 49.7 Å². The summed E-state index contributed by atoms with van der Waals surface area (Å²) in [4.78, 5) is 11.9. The van der Waals surface area contributed by atoms with Crippen LogP contribution in [0.3, 0.4) is 0 Å². The van der Waals surface area contributed by atoms with Crippen molar-refractivity contribution in [1.82, 2.24) is 4.31 Å². The predicted octanol–water partition coefficient (Wildman–Crippen LogP) is 1.32. The van der Waals surface area contributed by atoms with E-state index in [9.17, 15) is 18.3 Å². The Kier molecular flexibility index (Phi) is 7.99. The van der Waals surface area contributed by atoms with Crippen LogP contribution < -0.4 is 19.9 Å². The highest BCUT2D eigenvalue weighted by atomic mass is 32.2. The van der Waals surface area contributed by atoms with Gasteiger partial charge < -0.3 is 34.5 Å². The SMILES string of the molecule is COc1ccc(S(=O)(=O)N(CCO)CCO[C@H]2C[C@@H](c3ccc4c(c3)OCO4)C=C(C(N)=O)O2)cc1. The Bertz CT molecular complexity index is 1210. The summed E-state index contributed by atoms with van der Waals surface area (Å²) >= 11 is 0. The maximum absolute atomic E-state index is 13.1. The second kappa shape index (κ2) is 11.2. The molecule has 1 amide bonds. The minimum Gasteiger partial charge on any atom is -0.497 e. The number of fused-ring (bicyclic) bond motifs is 1. The van der Waals surface area contributed by atoms with Gasteiger partial charge in [-0.2, -0.15) is 4.31 Å². The Morgan fingerprint density at radius 2 is 1.89 bits per heavy atom. The summed E-state index contributed by atoms with van der Waals surface area (Å²) in [6.07, 6.45) is 1.15. The molecule has 2 atom stereocenters. The van der Waals surface area contributed by atoms with Crippen molar-refractivity contribution in [2.24, 2.45) is 5.73 Å². The van der Waals surface area contributed by atoms with E-state index >= 15 is 0 Å². The topological polar surface area (TPSA) is 147 Å². The number of allylic oxidation sites excluding steroid dienone is 1. The third-order valence-electron chi connectivity index (χ3n) is 5.82. The molecule has 3 N–H and O–H groups in total. The van der Waals surface area contributed by atoms with Crippen molar-refractivity contribution < 1.29 is 42.0 Å². The van der Waals surface area contributed by atoms with Gasteiger partial charge in [-0.25, -0.2) is 8.42 Å². The molecule has 0 radical (unpaired) electrons. The lowest BCUT2D eigenvalue weighted by Crippen LogP contribution is -2.38. The predicted molar refractivity (Wildman–Crippen MR) is 127 cm³/mol. The van der Waals surface area contributed by atoms with E-state index in [2.05, 4.69) is 0 Å². The van der Waals surface area contributed by atoms with Crippen LogP contribution in [0.2, 0.25) is 0 Å². The first-order chi connectivity index (χ1) is 17.3. The van der Waals surface area contributed by atoms with Gasteiger partial charge in [-0.3, -0.25) is 4.79 Å². The molecule has 2 aromatic rings. The average Bonchev–Trinajstić information content (AvgIpc) is 3.36. The number of carbonyl (C=O) groups is 1. The Labute approximate surface area is 209 Å². The van der Waals surface area contributed by atoms with E-state index in [1.54, 1.807) is 24.3 Å². The third-order valence-corrected chi connectivity index (χ3v) is 7.73. The number of aliphatic hydroxyl groups is 1. The van der Waals surface area contributed by atoms with Crippen molar-refractivity contribution in [2.45, 2.75) is 23.5 Å². The highest BCUT2D eigenvalue weighted by molar-refractivity contribution is 7.89. The molecule has 0 saturated carbocycles. The van der Waals surface area contributed by atoms with Gasteiger partial charge in [0, 0.05) is 25.4 Å². The van der Waals surface area contributed by atoms with Gasteiger partial charge in [-0.1, -0.05) is 6.07 Å². The van der Waals surface area contributed by atoms with E-state index in [0.717, 1.165) is 9.87 Å². The van der Waals surface area contributed by atoms with Gasteiger partial charge in [0.2, 0.25) is 23.1 Å². The Balaban J connectivity index is 1.43. The molecule has 0 fully saturated rings. The fraction of sp³-hybridized carbons (Fsp3) is 0.375. The molecule has 4 rings (SSSR count). The molecular weight excluding hydrogens is 492 g/mol. The van der Waals surface area contributed by atoms with Gasteiger partial charge in [0.1, 0.15) is 5.75 Å². The Morgan fingerprint density at radius 1 is 1.14 bits per heavy atom. The summed E-state index contributed by atoms with van der Waals surface area (Å²) < 4.78 is 54.6. The number of rotatable bonds is 11. The number of benzene rings is 2. The highest BCUT2D eigenvalue weighted by Gasteiger charge is 2.30. The number of methoxy groups -OCH3 is 1. The van der Waals surface area contributed by atoms with Gasteiger partial charge in [0.15, 0.2) is 17.3 Å². The zero-order valence-electron chi connectivity index (χ0n) is 19.7. The fourth-order valence-corrected chi connectivity index (χ4v) is 5.37. The number of amides is 1. The van der Waals surface area contributed by atoms with Gasteiger partial charge in [-0.15, -0.1) is 0 Å². The van der Waals surface area contributed by atoms with Crippen molar-refractivity contribution in [3.8, 4) is 17.2 Å². The highest BCUT2D eigenvalue weighted by Crippen LogP contribution is 2.38. The lowest BCUT2D eigenvalue weighted by molar-refractivity contribution is -0.144. The van der Waals surface area contributed by atoms with E-state index in [1.807, 2.05) is 12.1 Å². The van der Waals surface area contributed by atoms with Crippen LogP contribution in [-0.2, 0) is 24.3 Å². The summed E-state index contributed by atoms with van der Waals surface area (Å²) in [5.41, 5.74) is 6.32. The minimum atomic E-state index is -3.89. The third kappa shape index (κ3) is 5.73. The van der Waals surface area contributed by atoms with Crippen LogP contribution >= 0.6 is 0 Å². The van der Waals surface area contributed by atoms with Crippen LogP contribution in [0, 0.1) is 0 Å². The summed E-state index contributed by atoms with van der Waals surface area (Å²) in [6, 6.07) is 11.4. The number of sulfonamides is 1. The number of hydrogen-bond acceptors (Lipinski definition) is 9. The standard InChI is InChI=1S/C24H28N2O9S/c1-31-18-3-5-19(6-4-18)36(29,30)26(8-10-27)9-11-32-23-14-17(13-22(35-23)24(25)28)16-2-7-20-21(12-16)34-15-33-20/h2-7,12-13,17,23,27H,8-11,14-15H2,1H3,(H2,25,28)/t17-,23+/m0/s1. The second-order valence-corrected chi connectivity index (χ2v) is 10.0. The number of primary amides is 1. The molecule has 36 heavy (non-hydrogen) atoms. The molecule has 2 aliphatic heterocycles. The summed E-state index contributed by atoms with van der Waals surface area (Å²) in [7, 11) is -2.40. The van der Waals surface area contributed by atoms with Crippen LogP contribution in [0.25, 0.3) is 0 Å². The summed E-state index contributed by atoms with van der Waals surface area (Å²) in [5.74, 6) is 0.742. The number of ether oxygens (including phenoxy) is 5. The lowest BCUT2D eigenvalue weighted by atomic mass is 9.92. The first-order valence-corrected chi connectivity index (χ1v) is 12.7. The molecule has 0 aromatic heterocycles. The number of aliphatic hydroxyl groups excluding tert-OH is 1. The van der Waals surface area contributed by atoms with Crippen LogP contribution in [0.1, 0.15) is 17.9 Å². The summed E-state index contributed by atoms with van der Waals surface area (Å²) in [6.45, 7) is -0.422. The maximum atomic E-state index is 13.1. The number of nitrogens with zero attached hydrogens (tertiary/aromatic N) is 1. The number of hydrogen-bond donors (Lipinski definition) is 2. The first-order valence-electron chi connectivity index (χ1n) is 11.3. The lowest BCUT2D eigenvalue weighted by Gasteiger charge is -2.29. The average molecular weight is 521 g/mol. The first kappa shape index (κ1) is 25.8. The van der Waals surface area contributed by atoms with Gasteiger partial charge in [0.25, 0.3) is 5.91 Å². The van der Waals surface area contributed by atoms with E-state index in [4.69, 9.17) is 29.4 Å². The van der Waals surface area contributed by atoms with E-state index in [1.165, 1.54) is 19.2 Å². The molecule has 11 nitrogen and oxygen atoms in total. The van der Waals surface area contributed by atoms with E-state index in [0.29, 0.717) is 23.7 Å². The Morgan fingerprint density at radius 3 is 2.58 bits per heavy atom. The molecule has 0 bridgehead atoms. The normalized spacial score (nSPS) is 19.0. The largest absolute Gasteiger partial charge is 0.497 e. The van der Waals surface area contributed by atoms with Crippen LogP contribution in [0.15, 0.2) is 59.2 Å². The van der Waals surface area contributed by atoms with Crippen molar-refractivity contribution >= 4 is 15.9 Å². The second-order valence-electron chi connectivity index (χ2n) is 8.07. The quantitative estimate of drug-likeness (QED) is 0.448. The summed E-state index contributed by atoms with van der Waals surface area (Å²) in [5, 5.41) is 9.43. The molecule has 194 valence electrons. The van der Waals surface area contributed by atoms with Crippen LogP contribution in [-0.4, -0.2) is 70.2 Å². The smallest absolute Gasteiger partial charge is 0.283 e. The molecule has 2 aromatic carbocycles. The van der Waals surface area contributed by atoms with E-state index < -0.39 is 22.2 Å². The Hall–Kier alpha value is -3.32. The minimum absolute atomic E-state index is 0.0352. The number of carbonyl (C=O) groups excluding carboxylic acids is 1. The molecule has 0 spiro atoms. The molecule has 2 aliphatic rings. The monoisotopic (exact) mass is 520 g/mol. The molecular formula is C24H28N2O9S. The fourth-order valence-electron chi connectivity index (χ4n) is 3.95. The van der Waals surface area contributed by atoms with Crippen LogP contribution in [0.5, 0.6) is 17.2 Å². The van der Waals surface area contributed by atoms with Gasteiger partial charge in [0.05, 0.1) is 25.2 Å². The van der Waals surface area contributed by atoms with Crippen molar-refractivity contribution in [3.05, 3.63) is 59.9 Å². The molecule has 0 saturated heterocycles. The van der Waals surface area contributed by atoms with Crippen molar-refractivity contribution in [1.29, 1.82) is 0 Å².